The van der Waals surface area contributed by atoms with Crippen LogP contribution in [0.3, 0.4) is 0 Å². The average molecular weight is 480 g/mol. The van der Waals surface area contributed by atoms with Crippen molar-refractivity contribution in [1.82, 2.24) is 15.3 Å². The molecule has 0 fully saturated rings. The largest absolute Gasteiger partial charge is 0.494 e. The van der Waals surface area contributed by atoms with Crippen molar-refractivity contribution in [3.05, 3.63) is 65.7 Å². The Morgan fingerprint density at radius 2 is 1.82 bits per heavy atom. The molecule has 0 radical (unpaired) electrons. The number of carbonyl (C=O) groups excluding carboxylic acids is 2. The van der Waals surface area contributed by atoms with Gasteiger partial charge in [0, 0.05) is 34.9 Å². The molecule has 3 heterocycles. The SMILES string of the molecule is C=CN=C1SC(NC(=O)c2cnc(C)cc2-c2cc(C)ncc2OC)=N/C1=C(/C)OCC(C)=O. The summed E-state index contributed by atoms with van der Waals surface area (Å²) >= 11 is 1.16. The minimum Gasteiger partial charge on any atom is -0.494 e. The zero-order valence-electron chi connectivity index (χ0n) is 19.6. The zero-order chi connectivity index (χ0) is 24.8. The number of ether oxygens (including phenoxy) is 2. The first-order valence-electron chi connectivity index (χ1n) is 10.3. The predicted molar refractivity (Wildman–Crippen MR) is 133 cm³/mol. The van der Waals surface area contributed by atoms with E-state index in [0.717, 1.165) is 28.7 Å². The standard InChI is InChI=1S/C24H25N5O4S/c1-7-25-23-21(16(5)33-12-15(4)30)28-24(34-23)29-22(31)19-10-26-13(2)8-17(19)18-9-14(3)27-11-20(18)32-6/h7-11H,1,12H2,2-6H3,(H,28,29,31)/b21-16-,25-23?. The number of nitrogens with one attached hydrogen (secondary N) is 1. The van der Waals surface area contributed by atoms with E-state index >= 15 is 0 Å². The lowest BCUT2D eigenvalue weighted by Gasteiger charge is -2.14. The summed E-state index contributed by atoms with van der Waals surface area (Å²) in [5.41, 5.74) is 3.70. The van der Waals surface area contributed by atoms with E-state index in [9.17, 15) is 9.59 Å². The normalized spacial score (nSPS) is 15.6. The van der Waals surface area contributed by atoms with Gasteiger partial charge < -0.3 is 14.8 Å². The van der Waals surface area contributed by atoms with Gasteiger partial charge in [-0.1, -0.05) is 6.58 Å². The molecular formula is C24H25N5O4S. The summed E-state index contributed by atoms with van der Waals surface area (Å²) in [6.07, 6.45) is 4.52. The number of hydrogen-bond acceptors (Lipinski definition) is 9. The molecule has 34 heavy (non-hydrogen) atoms. The second kappa shape index (κ2) is 10.9. The van der Waals surface area contributed by atoms with E-state index in [2.05, 4.69) is 31.8 Å². The van der Waals surface area contributed by atoms with Crippen molar-refractivity contribution < 1.29 is 19.1 Å². The fourth-order valence-electron chi connectivity index (χ4n) is 3.09. The molecule has 2 aromatic heterocycles. The molecule has 1 aliphatic heterocycles. The van der Waals surface area contributed by atoms with E-state index in [1.807, 2.05) is 26.0 Å². The Labute approximate surface area is 202 Å². The van der Waals surface area contributed by atoms with Crippen molar-refractivity contribution >= 4 is 33.7 Å². The van der Waals surface area contributed by atoms with Crippen LogP contribution < -0.4 is 10.1 Å². The van der Waals surface area contributed by atoms with Crippen molar-refractivity contribution in [2.75, 3.05) is 13.7 Å². The van der Waals surface area contributed by atoms with Crippen LogP contribution in [0.15, 0.2) is 58.7 Å². The maximum absolute atomic E-state index is 13.3. The third kappa shape index (κ3) is 5.76. The molecule has 10 heteroatoms. The number of rotatable bonds is 7. The molecule has 0 bridgehead atoms. The van der Waals surface area contributed by atoms with Crippen LogP contribution in [0.4, 0.5) is 0 Å². The molecule has 1 aliphatic rings. The molecule has 0 saturated heterocycles. The number of aliphatic imine (C=N–C) groups is 2. The van der Waals surface area contributed by atoms with Crippen molar-refractivity contribution in [2.24, 2.45) is 9.98 Å². The van der Waals surface area contributed by atoms with Gasteiger partial charge >= 0.3 is 0 Å². The maximum Gasteiger partial charge on any atom is 0.259 e. The van der Waals surface area contributed by atoms with Gasteiger partial charge in [-0.15, -0.1) is 0 Å². The minimum absolute atomic E-state index is 0.0792. The van der Waals surface area contributed by atoms with Crippen LogP contribution in [-0.2, 0) is 9.53 Å². The number of carbonyl (C=O) groups is 2. The summed E-state index contributed by atoms with van der Waals surface area (Å²) in [6, 6.07) is 3.68. The summed E-state index contributed by atoms with van der Waals surface area (Å²) < 4.78 is 11.0. The van der Waals surface area contributed by atoms with Crippen molar-refractivity contribution in [3.8, 4) is 16.9 Å². The van der Waals surface area contributed by atoms with E-state index in [0.29, 0.717) is 38.5 Å². The molecule has 0 unspecified atom stereocenters. The second-order valence-electron chi connectivity index (χ2n) is 7.38. The van der Waals surface area contributed by atoms with Crippen molar-refractivity contribution in [2.45, 2.75) is 27.7 Å². The maximum atomic E-state index is 13.3. The summed E-state index contributed by atoms with van der Waals surface area (Å²) in [4.78, 5) is 41.8. The Bertz CT molecular complexity index is 1250. The topological polar surface area (TPSA) is 115 Å². The number of methoxy groups -OCH3 is 1. The molecule has 1 amide bonds. The number of amides is 1. The Balaban J connectivity index is 1.96. The number of Topliss-reactive ketones (excluding diaryl/α,β-unsaturated/α-hetero) is 1. The molecule has 0 atom stereocenters. The smallest absolute Gasteiger partial charge is 0.259 e. The first-order chi connectivity index (χ1) is 16.2. The molecular weight excluding hydrogens is 454 g/mol. The highest BCUT2D eigenvalue weighted by Crippen LogP contribution is 2.33. The van der Waals surface area contributed by atoms with Gasteiger partial charge in [0.25, 0.3) is 5.91 Å². The summed E-state index contributed by atoms with van der Waals surface area (Å²) in [5, 5.41) is 3.64. The number of allylic oxidation sites excluding steroid dienone is 1. The lowest BCUT2D eigenvalue weighted by atomic mass is 9.99. The Morgan fingerprint density at radius 3 is 2.47 bits per heavy atom. The highest BCUT2D eigenvalue weighted by atomic mass is 32.2. The van der Waals surface area contributed by atoms with E-state index in [-0.39, 0.29) is 12.4 Å². The monoisotopic (exact) mass is 479 g/mol. The Kier molecular flexibility index (Phi) is 7.95. The van der Waals surface area contributed by atoms with Crippen molar-refractivity contribution in [1.29, 1.82) is 0 Å². The number of amidine groups is 1. The van der Waals surface area contributed by atoms with E-state index in [1.165, 1.54) is 19.3 Å². The fourth-order valence-corrected chi connectivity index (χ4v) is 3.97. The zero-order valence-corrected chi connectivity index (χ0v) is 20.4. The van der Waals surface area contributed by atoms with E-state index in [4.69, 9.17) is 9.47 Å². The Hall–Kier alpha value is -3.79. The second-order valence-corrected chi connectivity index (χ2v) is 8.36. The van der Waals surface area contributed by atoms with Crippen molar-refractivity contribution in [3.63, 3.8) is 0 Å². The Morgan fingerprint density at radius 1 is 1.15 bits per heavy atom. The molecule has 0 saturated carbocycles. The van der Waals surface area contributed by atoms with E-state index in [1.54, 1.807) is 20.2 Å². The lowest BCUT2D eigenvalue weighted by Crippen LogP contribution is -2.28. The molecule has 0 spiro atoms. The molecule has 176 valence electrons. The number of hydrogen-bond donors (Lipinski definition) is 1. The highest BCUT2D eigenvalue weighted by molar-refractivity contribution is 8.27. The predicted octanol–water partition coefficient (Wildman–Crippen LogP) is 3.98. The van der Waals surface area contributed by atoms with Gasteiger partial charge in [0.15, 0.2) is 11.0 Å². The first-order valence-corrected chi connectivity index (χ1v) is 11.1. The third-order valence-electron chi connectivity index (χ3n) is 4.66. The van der Waals surface area contributed by atoms with Crippen LogP contribution >= 0.6 is 11.8 Å². The third-order valence-corrected chi connectivity index (χ3v) is 5.54. The minimum atomic E-state index is -0.397. The van der Waals surface area contributed by atoms with Crippen LogP contribution in [0, 0.1) is 13.8 Å². The van der Waals surface area contributed by atoms with Crippen LogP contribution in [0.5, 0.6) is 5.75 Å². The average Bonchev–Trinajstić information content (AvgIpc) is 3.19. The molecule has 9 nitrogen and oxygen atoms in total. The van der Waals surface area contributed by atoms with Gasteiger partial charge in [-0.05, 0) is 51.6 Å². The van der Waals surface area contributed by atoms with Gasteiger partial charge in [-0.25, -0.2) is 9.98 Å². The van der Waals surface area contributed by atoms with Crippen LogP contribution in [0.25, 0.3) is 11.1 Å². The number of ketones is 1. The van der Waals surface area contributed by atoms with Gasteiger partial charge in [0.1, 0.15) is 28.9 Å². The van der Waals surface area contributed by atoms with Gasteiger partial charge in [0.05, 0.1) is 18.9 Å². The fraction of sp³-hybridized carbons (Fsp3) is 0.250. The molecule has 1 N–H and O–H groups in total. The number of aryl methyl sites for hydroxylation is 2. The summed E-state index contributed by atoms with van der Waals surface area (Å²) in [5.74, 6) is 0.446. The van der Waals surface area contributed by atoms with Crippen LogP contribution in [-0.4, -0.2) is 45.6 Å². The highest BCUT2D eigenvalue weighted by Gasteiger charge is 2.26. The molecule has 0 aliphatic carbocycles. The molecule has 3 rings (SSSR count). The summed E-state index contributed by atoms with van der Waals surface area (Å²) in [7, 11) is 1.55. The lowest BCUT2D eigenvalue weighted by molar-refractivity contribution is -0.120. The number of thioether (sulfide) groups is 1. The first kappa shape index (κ1) is 24.8. The number of aromatic nitrogens is 2. The van der Waals surface area contributed by atoms with Crippen LogP contribution in [0.1, 0.15) is 35.6 Å². The van der Waals surface area contributed by atoms with E-state index < -0.39 is 5.91 Å². The van der Waals surface area contributed by atoms with Crippen LogP contribution in [0.2, 0.25) is 0 Å². The molecule has 0 aromatic carbocycles. The number of nitrogens with zero attached hydrogens (tertiary/aromatic N) is 4. The summed E-state index contributed by atoms with van der Waals surface area (Å²) in [6.45, 7) is 10.4. The van der Waals surface area contributed by atoms with Gasteiger partial charge in [-0.3, -0.25) is 19.6 Å². The molecule has 2 aromatic rings. The number of pyridine rings is 2. The van der Waals surface area contributed by atoms with Gasteiger partial charge in [-0.2, -0.15) is 0 Å². The quantitative estimate of drug-likeness (QED) is 0.597. The van der Waals surface area contributed by atoms with Gasteiger partial charge in [0.2, 0.25) is 0 Å².